The molecule has 0 aliphatic heterocycles. The Hall–Kier alpha value is -7.68. The number of nitrogens with two attached hydrogens (primary N) is 3. The monoisotopic (exact) mass is 1140 g/mol. The zero-order valence-corrected chi connectivity index (χ0v) is 47.6. The predicted molar refractivity (Wildman–Crippen MR) is 297 cm³/mol. The lowest BCUT2D eigenvalue weighted by atomic mass is 9.99. The van der Waals surface area contributed by atoms with Crippen LogP contribution in [0.1, 0.15) is 132 Å². The number of amides is 9. The topological polar surface area (TPSA) is 456 Å². The standard InChI is InChI=1S/C54H86N12O15/c1-27(2)23-38(51(77)64-40(25-31-26-58-33-14-10-9-13-32(31)33)52(78)59-34(15-11-12-22-55)49(75)66-45(30(7)8)54(80)81)63-48(74)37(18-21-43(70)71)61-47(73)36(17-20-42(68)69)60-46(72)35(16-19-41(56)67)62-50(76)39(24-28(3)4)65-53(79)44(57)29(5)6/h9-10,13-14,26-30,34-40,44-45,58H,11-12,15-25,55,57H2,1-8H3,(H2,56,67)(H,59,78)(H,60,72)(H,61,73)(H,62,76)(H,63,74)(H,64,77)(H,65,79)(H,66,75)(H,68,69)(H,70,71)(H,80,81)/t34-,35-,36-,37-,38-,39-,40-,44-,45-/m0/s1. The minimum absolute atomic E-state index is 0.0457. The van der Waals surface area contributed by atoms with E-state index in [9.17, 15) is 72.9 Å². The van der Waals surface area contributed by atoms with Crippen LogP contribution in [-0.4, -0.2) is 152 Å². The highest BCUT2D eigenvalue weighted by Gasteiger charge is 2.36. The third-order valence-corrected chi connectivity index (χ3v) is 13.1. The largest absolute Gasteiger partial charge is 0.481 e. The van der Waals surface area contributed by atoms with Crippen molar-refractivity contribution in [2.45, 2.75) is 187 Å². The van der Waals surface area contributed by atoms with Crippen molar-refractivity contribution < 1.29 is 72.9 Å². The number of fused-ring (bicyclic) bond motifs is 1. The number of aromatic amines is 1. The number of hydrogen-bond donors (Lipinski definition) is 15. The van der Waals surface area contributed by atoms with Crippen molar-refractivity contribution >= 4 is 82.0 Å². The SMILES string of the molecule is CC(C)C[C@H](NC(=O)[C@H](CCC(=O)O)NC(=O)[C@H](CCC(=O)O)NC(=O)[C@H](CCC(N)=O)NC(=O)[C@H](CC(C)C)NC(=O)[C@@H](N)C(C)C)C(=O)N[C@@H](Cc1c[nH]c2ccccc12)C(=O)N[C@@H](CCCCN)C(=O)N[C@H](C(=O)O)C(C)C. The summed E-state index contributed by atoms with van der Waals surface area (Å²) in [6, 6.07) is -5.76. The predicted octanol–water partition coefficient (Wildman–Crippen LogP) is -0.471. The Bertz CT molecular complexity index is 2500. The van der Waals surface area contributed by atoms with Crippen LogP contribution in [0.3, 0.4) is 0 Å². The van der Waals surface area contributed by atoms with Crippen LogP contribution in [0.2, 0.25) is 0 Å². The van der Waals surface area contributed by atoms with Crippen LogP contribution in [0.4, 0.5) is 0 Å². The lowest BCUT2D eigenvalue weighted by Gasteiger charge is -2.29. The summed E-state index contributed by atoms with van der Waals surface area (Å²) >= 11 is 0. The van der Waals surface area contributed by atoms with E-state index in [1.54, 1.807) is 85.9 Å². The molecular formula is C54H86N12O15. The number of benzene rings is 1. The van der Waals surface area contributed by atoms with E-state index < -0.39 is 170 Å². The maximum atomic E-state index is 14.5. The number of aromatic nitrogens is 1. The van der Waals surface area contributed by atoms with Gasteiger partial charge in [0.25, 0.3) is 0 Å². The summed E-state index contributed by atoms with van der Waals surface area (Å²) in [5, 5.41) is 50.1. The van der Waals surface area contributed by atoms with Gasteiger partial charge >= 0.3 is 17.9 Å². The van der Waals surface area contributed by atoms with Crippen molar-refractivity contribution in [3.8, 4) is 0 Å². The normalized spacial score (nSPS) is 14.7. The number of primary amides is 1. The molecule has 2 rings (SSSR count). The highest BCUT2D eigenvalue weighted by atomic mass is 16.4. The van der Waals surface area contributed by atoms with Crippen LogP contribution in [0.25, 0.3) is 10.9 Å². The number of carboxylic acids is 3. The molecule has 9 amide bonds. The van der Waals surface area contributed by atoms with Gasteiger partial charge in [0, 0.05) is 42.8 Å². The zero-order chi connectivity index (χ0) is 61.3. The second-order valence-corrected chi connectivity index (χ2v) is 21.7. The third-order valence-electron chi connectivity index (χ3n) is 13.1. The smallest absolute Gasteiger partial charge is 0.326 e. The van der Waals surface area contributed by atoms with Gasteiger partial charge in [0.05, 0.1) is 6.04 Å². The Morgan fingerprint density at radius 3 is 1.31 bits per heavy atom. The Balaban J connectivity index is 2.58. The van der Waals surface area contributed by atoms with Gasteiger partial charge in [0.15, 0.2) is 0 Å². The average Bonchev–Trinajstić information content (AvgIpc) is 3.79. The van der Waals surface area contributed by atoms with Gasteiger partial charge in [-0.1, -0.05) is 73.6 Å². The van der Waals surface area contributed by atoms with E-state index in [4.69, 9.17) is 17.2 Å². The van der Waals surface area contributed by atoms with Gasteiger partial charge in [-0.3, -0.25) is 52.7 Å². The summed E-state index contributed by atoms with van der Waals surface area (Å²) in [6.45, 7) is 13.8. The highest BCUT2D eigenvalue weighted by Crippen LogP contribution is 2.20. The second-order valence-electron chi connectivity index (χ2n) is 21.7. The van der Waals surface area contributed by atoms with Crippen molar-refractivity contribution in [1.29, 1.82) is 0 Å². The van der Waals surface area contributed by atoms with E-state index in [1.807, 2.05) is 0 Å². The van der Waals surface area contributed by atoms with E-state index in [0.29, 0.717) is 29.3 Å². The molecule has 81 heavy (non-hydrogen) atoms. The number of carbonyl (C=O) groups excluding carboxylic acids is 9. The summed E-state index contributed by atoms with van der Waals surface area (Å²) in [5.41, 5.74) is 18.4. The number of rotatable bonds is 38. The van der Waals surface area contributed by atoms with Crippen LogP contribution < -0.4 is 59.7 Å². The van der Waals surface area contributed by atoms with Gasteiger partial charge in [-0.25, -0.2) is 4.79 Å². The van der Waals surface area contributed by atoms with Crippen LogP contribution in [0, 0.1) is 23.7 Å². The maximum absolute atomic E-state index is 14.5. The molecule has 0 aliphatic rings. The molecule has 452 valence electrons. The maximum Gasteiger partial charge on any atom is 0.326 e. The molecule has 0 unspecified atom stereocenters. The Morgan fingerprint density at radius 2 is 0.889 bits per heavy atom. The van der Waals surface area contributed by atoms with Crippen molar-refractivity contribution in [2.75, 3.05) is 6.54 Å². The molecule has 1 heterocycles. The molecule has 0 saturated carbocycles. The van der Waals surface area contributed by atoms with Crippen molar-refractivity contribution in [2.24, 2.45) is 40.9 Å². The number of hydrogen-bond acceptors (Lipinski definition) is 14. The first-order chi connectivity index (χ1) is 37.9. The second kappa shape index (κ2) is 34.5. The molecule has 1 aromatic carbocycles. The third kappa shape index (κ3) is 24.7. The van der Waals surface area contributed by atoms with Gasteiger partial charge < -0.3 is 80.0 Å². The first-order valence-electron chi connectivity index (χ1n) is 27.3. The van der Waals surface area contributed by atoms with E-state index >= 15 is 0 Å². The van der Waals surface area contributed by atoms with E-state index in [1.165, 1.54) is 0 Å². The number of aliphatic carboxylic acids is 3. The first kappa shape index (κ1) is 69.4. The fourth-order valence-electron chi connectivity index (χ4n) is 8.50. The summed E-state index contributed by atoms with van der Waals surface area (Å²) in [6.07, 6.45) is -1.21. The average molecular weight is 1140 g/mol. The van der Waals surface area contributed by atoms with E-state index in [2.05, 4.69) is 47.5 Å². The van der Waals surface area contributed by atoms with Gasteiger partial charge in [0.1, 0.15) is 48.3 Å². The molecule has 2 aromatic rings. The van der Waals surface area contributed by atoms with Gasteiger partial charge in [-0.15, -0.1) is 0 Å². The Labute approximate surface area is 471 Å². The van der Waals surface area contributed by atoms with Crippen LogP contribution in [0.5, 0.6) is 0 Å². The molecule has 27 heteroatoms. The number of unbranched alkanes of at least 4 members (excludes halogenated alkanes) is 1. The number of H-pyrrole nitrogens is 1. The van der Waals surface area contributed by atoms with E-state index in [0.717, 1.165) is 0 Å². The van der Waals surface area contributed by atoms with Gasteiger partial charge in [-0.05, 0) is 93.2 Å². The lowest BCUT2D eigenvalue weighted by molar-refractivity contribution is -0.143. The summed E-state index contributed by atoms with van der Waals surface area (Å²) in [4.78, 5) is 163. The Morgan fingerprint density at radius 1 is 0.494 bits per heavy atom. The molecule has 0 aliphatic carbocycles. The molecule has 0 bridgehead atoms. The zero-order valence-electron chi connectivity index (χ0n) is 47.6. The fraction of sp³-hybridized carbons (Fsp3) is 0.630. The number of carboxylic acid groups (broad SMARTS) is 3. The molecule has 18 N–H and O–H groups in total. The highest BCUT2D eigenvalue weighted by molar-refractivity contribution is 5.99. The Kier molecular flexibility index (Phi) is 29.5. The number of nitrogens with one attached hydrogen (secondary N) is 9. The molecule has 27 nitrogen and oxygen atoms in total. The van der Waals surface area contributed by atoms with E-state index in [-0.39, 0.29) is 50.0 Å². The lowest BCUT2D eigenvalue weighted by Crippen LogP contribution is -2.61. The molecule has 0 saturated heterocycles. The summed E-state index contributed by atoms with van der Waals surface area (Å²) in [7, 11) is 0. The molecule has 1 aromatic heterocycles. The number of para-hydroxylation sites is 1. The van der Waals surface area contributed by atoms with Crippen molar-refractivity contribution in [3.63, 3.8) is 0 Å². The minimum atomic E-state index is -1.78. The molecule has 0 spiro atoms. The van der Waals surface area contributed by atoms with Crippen LogP contribution in [-0.2, 0) is 64.0 Å². The molecule has 0 fully saturated rings. The van der Waals surface area contributed by atoms with Crippen LogP contribution >= 0.6 is 0 Å². The quantitative estimate of drug-likeness (QED) is 0.0378. The van der Waals surface area contributed by atoms with Crippen molar-refractivity contribution in [1.82, 2.24) is 47.5 Å². The molecule has 0 radical (unpaired) electrons. The van der Waals surface area contributed by atoms with Crippen LogP contribution in [0.15, 0.2) is 30.5 Å². The minimum Gasteiger partial charge on any atom is -0.481 e. The summed E-state index contributed by atoms with van der Waals surface area (Å²) < 4.78 is 0. The first-order valence-corrected chi connectivity index (χ1v) is 27.3. The van der Waals surface area contributed by atoms with Gasteiger partial charge in [-0.2, -0.15) is 0 Å². The summed E-state index contributed by atoms with van der Waals surface area (Å²) in [5.74, 6) is -13.8. The molecule has 9 atom stereocenters. The molecular weight excluding hydrogens is 1060 g/mol. The van der Waals surface area contributed by atoms with Crippen molar-refractivity contribution in [3.05, 3.63) is 36.0 Å². The number of carbonyl (C=O) groups is 12. The fourth-order valence-corrected chi connectivity index (χ4v) is 8.50. The van der Waals surface area contributed by atoms with Gasteiger partial charge in [0.2, 0.25) is 53.2 Å².